The first-order chi connectivity index (χ1) is 14.0. The predicted octanol–water partition coefficient (Wildman–Crippen LogP) is 3.94. The van der Waals surface area contributed by atoms with Crippen LogP contribution < -0.4 is 11.3 Å². The van der Waals surface area contributed by atoms with E-state index in [1.54, 1.807) is 22.8 Å². The van der Waals surface area contributed by atoms with Crippen LogP contribution >= 0.6 is 23.1 Å². The van der Waals surface area contributed by atoms with Crippen molar-refractivity contribution < 1.29 is 4.79 Å². The lowest BCUT2D eigenvalue weighted by atomic mass is 9.97. The van der Waals surface area contributed by atoms with Gasteiger partial charge < -0.3 is 5.73 Å². The second kappa shape index (κ2) is 9.59. The Morgan fingerprint density at radius 2 is 2.10 bits per heavy atom. The number of nitrogens with two attached hydrogens (primary N) is 1. The van der Waals surface area contributed by atoms with Gasteiger partial charge in [-0.15, -0.1) is 11.3 Å². The van der Waals surface area contributed by atoms with Crippen molar-refractivity contribution in [2.24, 2.45) is 5.73 Å². The van der Waals surface area contributed by atoms with E-state index in [9.17, 15) is 9.59 Å². The van der Waals surface area contributed by atoms with E-state index < -0.39 is 0 Å². The Morgan fingerprint density at radius 1 is 1.34 bits per heavy atom. The number of rotatable bonds is 8. The Kier molecular flexibility index (Phi) is 7.14. The molecule has 1 aliphatic rings. The number of hydrogen-bond acceptors (Lipinski definition) is 7. The topological polar surface area (TPSA) is 102 Å². The van der Waals surface area contributed by atoms with Crippen molar-refractivity contribution in [1.29, 1.82) is 5.26 Å². The van der Waals surface area contributed by atoms with E-state index in [2.05, 4.69) is 6.92 Å². The third-order valence-corrected chi connectivity index (χ3v) is 7.30. The zero-order chi connectivity index (χ0) is 21.0. The van der Waals surface area contributed by atoms with Gasteiger partial charge in [0.05, 0.1) is 11.1 Å². The number of nitriles is 1. The van der Waals surface area contributed by atoms with Crippen molar-refractivity contribution >= 4 is 39.1 Å². The fourth-order valence-electron chi connectivity index (χ4n) is 3.62. The predicted molar refractivity (Wildman–Crippen MR) is 118 cm³/mol. The number of hydrogen-bond donors (Lipinski definition) is 1. The minimum absolute atomic E-state index is 0.00602. The molecule has 1 aliphatic carbocycles. The van der Waals surface area contributed by atoms with Gasteiger partial charge in [-0.2, -0.15) is 5.26 Å². The van der Waals surface area contributed by atoms with Crippen LogP contribution in [0.25, 0.3) is 10.2 Å². The van der Waals surface area contributed by atoms with E-state index >= 15 is 0 Å². The molecule has 0 spiro atoms. The first kappa shape index (κ1) is 21.6. The van der Waals surface area contributed by atoms with Gasteiger partial charge in [-0.3, -0.25) is 14.2 Å². The standard InChI is InChI=1S/C21H26N4O2S2/c1-3-4-7-10-25-20(27)18-14-8-5-6-9-17(14)29-19(18)24-21(25)28-12-16(26)15(11-22)13(2)23/h3-10,12,23H2,1-2H3/b15-13+. The van der Waals surface area contributed by atoms with Crippen molar-refractivity contribution in [3.8, 4) is 6.07 Å². The third-order valence-electron chi connectivity index (χ3n) is 5.14. The summed E-state index contributed by atoms with van der Waals surface area (Å²) >= 11 is 2.83. The molecule has 6 nitrogen and oxygen atoms in total. The lowest BCUT2D eigenvalue weighted by Crippen LogP contribution is -2.24. The number of Topliss-reactive ketones (excluding diaryl/α,β-unsaturated/α-hetero) is 1. The van der Waals surface area contributed by atoms with E-state index in [-0.39, 0.29) is 28.4 Å². The second-order valence-electron chi connectivity index (χ2n) is 7.33. The maximum absolute atomic E-state index is 13.4. The van der Waals surface area contributed by atoms with Gasteiger partial charge in [-0.25, -0.2) is 4.98 Å². The number of unbranched alkanes of at least 4 members (excludes halogenated alkanes) is 2. The maximum Gasteiger partial charge on any atom is 0.263 e. The van der Waals surface area contributed by atoms with E-state index in [0.717, 1.165) is 55.2 Å². The van der Waals surface area contributed by atoms with Gasteiger partial charge in [0.1, 0.15) is 16.5 Å². The van der Waals surface area contributed by atoms with Crippen LogP contribution in [0, 0.1) is 11.3 Å². The highest BCUT2D eigenvalue weighted by molar-refractivity contribution is 7.99. The monoisotopic (exact) mass is 430 g/mol. The average Bonchev–Trinajstić information content (AvgIpc) is 3.07. The maximum atomic E-state index is 13.4. The third kappa shape index (κ3) is 4.57. The first-order valence-corrected chi connectivity index (χ1v) is 11.9. The molecule has 0 aromatic carbocycles. The summed E-state index contributed by atoms with van der Waals surface area (Å²) < 4.78 is 1.72. The van der Waals surface area contributed by atoms with Gasteiger partial charge in [-0.1, -0.05) is 31.5 Å². The molecule has 2 heterocycles. The molecule has 0 aliphatic heterocycles. The summed E-state index contributed by atoms with van der Waals surface area (Å²) in [6, 6.07) is 1.87. The largest absolute Gasteiger partial charge is 0.401 e. The molecular formula is C21H26N4O2S2. The average molecular weight is 431 g/mol. The first-order valence-electron chi connectivity index (χ1n) is 10.0. The molecule has 3 rings (SSSR count). The molecule has 0 atom stereocenters. The Morgan fingerprint density at radius 3 is 2.79 bits per heavy atom. The molecule has 0 bridgehead atoms. The molecule has 2 aromatic heterocycles. The normalized spacial score (nSPS) is 14.4. The van der Waals surface area contributed by atoms with Crippen molar-refractivity contribution in [2.75, 3.05) is 5.75 Å². The molecule has 2 N–H and O–H groups in total. The van der Waals surface area contributed by atoms with Crippen LogP contribution in [0.1, 0.15) is 56.4 Å². The SMILES string of the molecule is CCCCCn1c(SCC(=O)/C(C#N)=C(\C)N)nc2sc3c(c2c1=O)CCCC3. The zero-order valence-corrected chi connectivity index (χ0v) is 18.5. The number of thiophene rings is 1. The Balaban J connectivity index is 1.99. The zero-order valence-electron chi connectivity index (χ0n) is 16.9. The molecule has 29 heavy (non-hydrogen) atoms. The summed E-state index contributed by atoms with van der Waals surface area (Å²) in [7, 11) is 0. The van der Waals surface area contributed by atoms with Crippen LogP contribution in [-0.2, 0) is 24.2 Å². The molecule has 154 valence electrons. The fourth-order valence-corrected chi connectivity index (χ4v) is 5.82. The van der Waals surface area contributed by atoms with Crippen LogP contribution in [0.2, 0.25) is 0 Å². The van der Waals surface area contributed by atoms with Crippen LogP contribution in [0.15, 0.2) is 21.2 Å². The number of aryl methyl sites for hydroxylation is 2. The summed E-state index contributed by atoms with van der Waals surface area (Å²) in [6.45, 7) is 4.26. The molecule has 8 heteroatoms. The van der Waals surface area contributed by atoms with Crippen molar-refractivity contribution in [1.82, 2.24) is 9.55 Å². The molecule has 0 saturated carbocycles. The second-order valence-corrected chi connectivity index (χ2v) is 9.36. The van der Waals surface area contributed by atoms with E-state index in [4.69, 9.17) is 16.0 Å². The molecule has 0 radical (unpaired) electrons. The van der Waals surface area contributed by atoms with E-state index in [1.165, 1.54) is 22.2 Å². The van der Waals surface area contributed by atoms with Crippen molar-refractivity contribution in [2.45, 2.75) is 70.5 Å². The highest BCUT2D eigenvalue weighted by Crippen LogP contribution is 2.34. The number of allylic oxidation sites excluding steroid dienone is 2. The summed E-state index contributed by atoms with van der Waals surface area (Å²) in [6.07, 6.45) is 7.21. The Hall–Kier alpha value is -2.11. The summed E-state index contributed by atoms with van der Waals surface area (Å²) in [5.41, 5.74) is 7.02. The minimum Gasteiger partial charge on any atom is -0.401 e. The number of ketones is 1. The Labute approximate surface area is 178 Å². The number of carbonyl (C=O) groups is 1. The van der Waals surface area contributed by atoms with Crippen molar-refractivity contribution in [3.05, 3.63) is 32.1 Å². The number of fused-ring (bicyclic) bond motifs is 3. The minimum atomic E-state index is -0.336. The molecular weight excluding hydrogens is 404 g/mol. The Bertz CT molecular complexity index is 1060. The number of nitrogens with zero attached hydrogens (tertiary/aromatic N) is 3. The highest BCUT2D eigenvalue weighted by atomic mass is 32.2. The smallest absolute Gasteiger partial charge is 0.263 e. The van der Waals surface area contributed by atoms with Gasteiger partial charge in [0.25, 0.3) is 5.56 Å². The summed E-state index contributed by atoms with van der Waals surface area (Å²) in [5, 5.41) is 10.5. The fraction of sp³-hybridized carbons (Fsp3) is 0.524. The number of thioether (sulfide) groups is 1. The lowest BCUT2D eigenvalue weighted by Gasteiger charge is -2.13. The van der Waals surface area contributed by atoms with Gasteiger partial charge in [-0.05, 0) is 44.6 Å². The lowest BCUT2D eigenvalue weighted by molar-refractivity contribution is -0.112. The number of aromatic nitrogens is 2. The molecule has 2 aromatic rings. The quantitative estimate of drug-likeness (QED) is 0.224. The van der Waals surface area contributed by atoms with Crippen LogP contribution in [0.5, 0.6) is 0 Å². The summed E-state index contributed by atoms with van der Waals surface area (Å²) in [4.78, 5) is 32.6. The van der Waals surface area contributed by atoms with Gasteiger partial charge in [0, 0.05) is 17.1 Å². The van der Waals surface area contributed by atoms with Crippen LogP contribution in [0.4, 0.5) is 0 Å². The highest BCUT2D eigenvalue weighted by Gasteiger charge is 2.23. The molecule has 0 fully saturated rings. The van der Waals surface area contributed by atoms with Crippen LogP contribution in [0.3, 0.4) is 0 Å². The molecule has 0 unspecified atom stereocenters. The van der Waals surface area contributed by atoms with Gasteiger partial charge >= 0.3 is 0 Å². The van der Waals surface area contributed by atoms with Crippen molar-refractivity contribution in [3.63, 3.8) is 0 Å². The number of carbonyl (C=O) groups excluding carboxylic acids is 1. The van der Waals surface area contributed by atoms with Crippen LogP contribution in [-0.4, -0.2) is 21.1 Å². The van der Waals surface area contributed by atoms with E-state index in [1.807, 2.05) is 6.07 Å². The molecule has 0 saturated heterocycles. The summed E-state index contributed by atoms with van der Waals surface area (Å²) in [5.74, 6) is -0.300. The van der Waals surface area contributed by atoms with Gasteiger partial charge in [0.15, 0.2) is 10.9 Å². The van der Waals surface area contributed by atoms with Gasteiger partial charge in [0.2, 0.25) is 0 Å². The van der Waals surface area contributed by atoms with E-state index in [0.29, 0.717) is 11.7 Å². The molecule has 0 amide bonds.